The number of aromatic hydroxyl groups is 2. The van der Waals surface area contributed by atoms with Crippen molar-refractivity contribution in [1.82, 2.24) is 10.3 Å². The van der Waals surface area contributed by atoms with Crippen LogP contribution in [0.3, 0.4) is 0 Å². The molecule has 1 aliphatic heterocycles. The molecule has 0 amide bonds. The summed E-state index contributed by atoms with van der Waals surface area (Å²) < 4.78 is 5.39. The van der Waals surface area contributed by atoms with Crippen molar-refractivity contribution in [2.75, 3.05) is 13.7 Å². The van der Waals surface area contributed by atoms with Gasteiger partial charge in [0.15, 0.2) is 11.5 Å². The number of hydrogen-bond acceptors (Lipinski definition) is 5. The van der Waals surface area contributed by atoms with Crippen LogP contribution in [0.1, 0.15) is 33.7 Å². The molecule has 0 saturated carbocycles. The molecule has 1 aliphatic carbocycles. The Labute approximate surface area is 132 Å². The van der Waals surface area contributed by atoms with E-state index in [0.29, 0.717) is 17.9 Å². The van der Waals surface area contributed by atoms with E-state index < -0.39 is 0 Å². The summed E-state index contributed by atoms with van der Waals surface area (Å²) in [7, 11) is 1.59. The highest BCUT2D eigenvalue weighted by molar-refractivity contribution is 6.32. The zero-order valence-corrected chi connectivity index (χ0v) is 12.7. The predicted molar refractivity (Wildman–Crippen MR) is 81.9 cm³/mol. The molecule has 0 radical (unpaired) electrons. The van der Waals surface area contributed by atoms with Crippen molar-refractivity contribution in [1.29, 1.82) is 0 Å². The highest BCUT2D eigenvalue weighted by Gasteiger charge is 2.35. The van der Waals surface area contributed by atoms with Crippen molar-refractivity contribution in [2.24, 2.45) is 0 Å². The fourth-order valence-corrected chi connectivity index (χ4v) is 3.80. The predicted octanol–water partition coefficient (Wildman–Crippen LogP) is 2.29. The van der Waals surface area contributed by atoms with Crippen LogP contribution in [0.25, 0.3) is 0 Å². The van der Waals surface area contributed by atoms with Crippen molar-refractivity contribution in [3.8, 4) is 17.4 Å². The van der Waals surface area contributed by atoms with Gasteiger partial charge in [0.25, 0.3) is 0 Å². The third kappa shape index (κ3) is 1.72. The number of phenols is 2. The number of hydrogen-bond donors (Lipinski definition) is 3. The van der Waals surface area contributed by atoms with Crippen molar-refractivity contribution in [3.63, 3.8) is 0 Å². The number of benzene rings is 1. The van der Waals surface area contributed by atoms with E-state index in [-0.39, 0.29) is 22.4 Å². The third-order valence-corrected chi connectivity index (χ3v) is 4.86. The average Bonchev–Trinajstić information content (AvgIpc) is 2.54. The highest BCUT2D eigenvalue weighted by Crippen LogP contribution is 2.49. The van der Waals surface area contributed by atoms with Gasteiger partial charge in [0.05, 0.1) is 12.1 Å². The van der Waals surface area contributed by atoms with Gasteiger partial charge in [0.2, 0.25) is 5.88 Å². The number of rotatable bonds is 1. The van der Waals surface area contributed by atoms with E-state index in [4.69, 9.17) is 16.3 Å². The first-order chi connectivity index (χ1) is 10.6. The van der Waals surface area contributed by atoms with E-state index in [1.165, 1.54) is 5.56 Å². The lowest BCUT2D eigenvalue weighted by molar-refractivity contribution is 0.384. The zero-order chi connectivity index (χ0) is 15.4. The van der Waals surface area contributed by atoms with Gasteiger partial charge in [-0.25, -0.2) is 4.98 Å². The number of nitrogens with one attached hydrogen (secondary N) is 1. The normalized spacial score (nSPS) is 18.5. The summed E-state index contributed by atoms with van der Waals surface area (Å²) in [6.45, 7) is 1.52. The van der Waals surface area contributed by atoms with E-state index in [0.717, 1.165) is 29.8 Å². The molecule has 1 unspecified atom stereocenters. The fourth-order valence-electron chi connectivity index (χ4n) is 3.59. The number of pyridine rings is 1. The molecule has 114 valence electrons. The molecule has 1 aromatic heterocycles. The average molecular weight is 319 g/mol. The van der Waals surface area contributed by atoms with Gasteiger partial charge in [-0.05, 0) is 22.8 Å². The number of halogens is 1. The minimum atomic E-state index is -0.268. The maximum atomic E-state index is 10.3. The van der Waals surface area contributed by atoms with Crippen LogP contribution in [0.2, 0.25) is 5.02 Å². The van der Waals surface area contributed by atoms with E-state index in [1.807, 2.05) is 6.20 Å². The Bertz CT molecular complexity index is 792. The molecule has 5 nitrogen and oxygen atoms in total. The highest BCUT2D eigenvalue weighted by atomic mass is 35.5. The van der Waals surface area contributed by atoms with Gasteiger partial charge in [-0.3, -0.25) is 0 Å². The largest absolute Gasteiger partial charge is 0.504 e. The smallest absolute Gasteiger partial charge is 0.216 e. The second-order valence-electron chi connectivity index (χ2n) is 5.67. The van der Waals surface area contributed by atoms with Gasteiger partial charge in [0.1, 0.15) is 0 Å². The lowest BCUT2D eigenvalue weighted by atomic mass is 9.75. The molecule has 2 aliphatic rings. The maximum absolute atomic E-state index is 10.3. The molecule has 1 aromatic carbocycles. The summed E-state index contributed by atoms with van der Waals surface area (Å²) in [5.74, 6) is 0.232. The van der Waals surface area contributed by atoms with Crippen molar-refractivity contribution in [2.45, 2.75) is 18.9 Å². The zero-order valence-electron chi connectivity index (χ0n) is 12.0. The van der Waals surface area contributed by atoms with E-state index in [9.17, 15) is 10.2 Å². The summed E-state index contributed by atoms with van der Waals surface area (Å²) in [4.78, 5) is 4.36. The summed E-state index contributed by atoms with van der Waals surface area (Å²) in [5, 5.41) is 23.8. The Balaban J connectivity index is 2.01. The Hall–Kier alpha value is -1.98. The second-order valence-corrected chi connectivity index (χ2v) is 6.08. The van der Waals surface area contributed by atoms with Crippen molar-refractivity contribution < 1.29 is 14.9 Å². The van der Waals surface area contributed by atoms with Crippen LogP contribution in [0, 0.1) is 0 Å². The van der Waals surface area contributed by atoms with Gasteiger partial charge in [0, 0.05) is 42.8 Å². The number of phenolic OH excluding ortho intramolecular Hbond substituents is 2. The van der Waals surface area contributed by atoms with Gasteiger partial charge in [-0.15, -0.1) is 0 Å². The van der Waals surface area contributed by atoms with Crippen LogP contribution in [-0.4, -0.2) is 28.9 Å². The number of ether oxygens (including phenoxy) is 1. The summed E-state index contributed by atoms with van der Waals surface area (Å²) in [5.41, 5.74) is 4.98. The molecule has 0 bridgehead atoms. The fraction of sp³-hybridized carbons (Fsp3) is 0.312. The van der Waals surface area contributed by atoms with E-state index in [1.54, 1.807) is 13.2 Å². The first kappa shape index (κ1) is 13.7. The Kier molecular flexibility index (Phi) is 2.96. The standard InChI is InChI=1S/C16H15ClN2O3/c1-22-16-10-2-9-8(3-12(17)15(21)14(9)20)11-6-18-4-7(5-19-16)13(10)11/h3,5,11,18,20-21H,2,4,6H2,1H3. The molecule has 0 fully saturated rings. The maximum Gasteiger partial charge on any atom is 0.216 e. The first-order valence-electron chi connectivity index (χ1n) is 7.10. The topological polar surface area (TPSA) is 74.6 Å². The quantitative estimate of drug-likeness (QED) is 0.704. The van der Waals surface area contributed by atoms with Crippen LogP contribution in [0.15, 0.2) is 12.3 Å². The lowest BCUT2D eigenvalue weighted by Gasteiger charge is -2.35. The Morgan fingerprint density at radius 1 is 1.32 bits per heavy atom. The second kappa shape index (κ2) is 4.76. The molecule has 0 saturated heterocycles. The van der Waals surface area contributed by atoms with Crippen LogP contribution in [0.4, 0.5) is 0 Å². The minimum Gasteiger partial charge on any atom is -0.504 e. The van der Waals surface area contributed by atoms with Gasteiger partial charge in [-0.2, -0.15) is 0 Å². The van der Waals surface area contributed by atoms with Crippen molar-refractivity contribution >= 4 is 11.6 Å². The summed E-state index contributed by atoms with van der Waals surface area (Å²) >= 11 is 6.05. The number of nitrogens with zero attached hydrogens (tertiary/aromatic N) is 1. The molecule has 2 heterocycles. The Morgan fingerprint density at radius 3 is 2.91 bits per heavy atom. The number of fused-ring (bicyclic) bond motifs is 2. The monoisotopic (exact) mass is 318 g/mol. The van der Waals surface area contributed by atoms with Crippen LogP contribution in [0.5, 0.6) is 17.4 Å². The SMILES string of the molecule is COc1ncc2c3c1Cc1c(cc(Cl)c(O)c1O)C3CNC2. The molecule has 3 N–H and O–H groups in total. The third-order valence-electron chi connectivity index (χ3n) is 4.57. The van der Waals surface area contributed by atoms with Crippen LogP contribution < -0.4 is 10.1 Å². The summed E-state index contributed by atoms with van der Waals surface area (Å²) in [6, 6.07) is 1.75. The molecular formula is C16H15ClN2O3. The van der Waals surface area contributed by atoms with Gasteiger partial charge < -0.3 is 20.3 Å². The van der Waals surface area contributed by atoms with E-state index in [2.05, 4.69) is 10.3 Å². The van der Waals surface area contributed by atoms with Crippen LogP contribution in [-0.2, 0) is 13.0 Å². The molecule has 22 heavy (non-hydrogen) atoms. The molecule has 6 heteroatoms. The van der Waals surface area contributed by atoms with Crippen LogP contribution >= 0.6 is 11.6 Å². The van der Waals surface area contributed by atoms with Gasteiger partial charge >= 0.3 is 0 Å². The molecule has 1 atom stereocenters. The molecular weight excluding hydrogens is 304 g/mol. The molecule has 0 spiro atoms. The first-order valence-corrected chi connectivity index (χ1v) is 7.48. The van der Waals surface area contributed by atoms with Gasteiger partial charge in [-0.1, -0.05) is 11.6 Å². The molecule has 2 aromatic rings. The number of methoxy groups -OCH3 is 1. The summed E-state index contributed by atoms with van der Waals surface area (Å²) in [6.07, 6.45) is 2.31. The van der Waals surface area contributed by atoms with Crippen molar-refractivity contribution in [3.05, 3.63) is 45.1 Å². The molecule has 4 rings (SSSR count). The minimum absolute atomic E-state index is 0.0726. The Morgan fingerprint density at radius 2 is 2.14 bits per heavy atom. The lowest BCUT2D eigenvalue weighted by Crippen LogP contribution is -2.33. The van der Waals surface area contributed by atoms with E-state index >= 15 is 0 Å². The number of aromatic nitrogens is 1.